The summed E-state index contributed by atoms with van der Waals surface area (Å²) in [7, 11) is 0. The minimum Gasteiger partial charge on any atom is -0.329 e. The quantitative estimate of drug-likeness (QED) is 0.866. The van der Waals surface area contributed by atoms with Gasteiger partial charge in [0.05, 0.1) is 0 Å². The summed E-state index contributed by atoms with van der Waals surface area (Å²) in [5, 5.41) is 0. The Morgan fingerprint density at radius 1 is 1.14 bits per heavy atom. The summed E-state index contributed by atoms with van der Waals surface area (Å²) in [5.74, 6) is 0.749. The zero-order chi connectivity index (χ0) is 15.3. The molecule has 1 aromatic carbocycles. The maximum atomic E-state index is 6.27. The van der Waals surface area contributed by atoms with Crippen LogP contribution in [-0.2, 0) is 12.8 Å². The SMILES string of the molecule is CCC(C)CC(CC)(CN)N1CCc2ccccc2CC1. The van der Waals surface area contributed by atoms with Gasteiger partial charge in [0.1, 0.15) is 0 Å². The Balaban J connectivity index is 2.15. The molecule has 2 rings (SSSR count). The molecule has 0 aromatic heterocycles. The van der Waals surface area contributed by atoms with Gasteiger partial charge in [0.15, 0.2) is 0 Å². The lowest BCUT2D eigenvalue weighted by molar-refractivity contribution is 0.0699. The van der Waals surface area contributed by atoms with Crippen molar-refractivity contribution in [3.63, 3.8) is 0 Å². The lowest BCUT2D eigenvalue weighted by Gasteiger charge is -2.44. The van der Waals surface area contributed by atoms with Crippen LogP contribution in [0.5, 0.6) is 0 Å². The molecule has 21 heavy (non-hydrogen) atoms. The third kappa shape index (κ3) is 3.67. The fraction of sp³-hybridized carbons (Fsp3) is 0.684. The average Bonchev–Trinajstić information content (AvgIpc) is 2.75. The van der Waals surface area contributed by atoms with Gasteiger partial charge >= 0.3 is 0 Å². The predicted molar refractivity (Wildman–Crippen MR) is 91.6 cm³/mol. The molecular formula is C19H32N2. The highest BCUT2D eigenvalue weighted by atomic mass is 15.2. The normalized spacial score (nSPS) is 20.4. The first kappa shape index (κ1) is 16.5. The lowest BCUT2D eigenvalue weighted by Crippen LogP contribution is -2.55. The van der Waals surface area contributed by atoms with Crippen LogP contribution >= 0.6 is 0 Å². The third-order valence-corrected chi connectivity index (χ3v) is 5.55. The number of fused-ring (bicyclic) bond motifs is 1. The molecule has 0 saturated carbocycles. The number of nitrogens with zero attached hydrogens (tertiary/aromatic N) is 1. The minimum absolute atomic E-state index is 0.192. The van der Waals surface area contributed by atoms with E-state index in [-0.39, 0.29) is 5.54 Å². The van der Waals surface area contributed by atoms with Crippen molar-refractivity contribution in [1.82, 2.24) is 4.90 Å². The second kappa shape index (κ2) is 7.42. The van der Waals surface area contributed by atoms with Crippen LogP contribution in [0.15, 0.2) is 24.3 Å². The van der Waals surface area contributed by atoms with Gasteiger partial charge in [-0.15, -0.1) is 0 Å². The molecule has 2 nitrogen and oxygen atoms in total. The highest BCUT2D eigenvalue weighted by molar-refractivity contribution is 5.28. The zero-order valence-electron chi connectivity index (χ0n) is 14.1. The molecule has 1 heterocycles. The van der Waals surface area contributed by atoms with E-state index in [9.17, 15) is 0 Å². The van der Waals surface area contributed by atoms with Crippen LogP contribution in [0.2, 0.25) is 0 Å². The molecule has 1 aliphatic rings. The van der Waals surface area contributed by atoms with Crippen molar-refractivity contribution in [3.8, 4) is 0 Å². The molecule has 0 bridgehead atoms. The number of benzene rings is 1. The van der Waals surface area contributed by atoms with Crippen molar-refractivity contribution in [1.29, 1.82) is 0 Å². The molecule has 2 atom stereocenters. The van der Waals surface area contributed by atoms with Crippen LogP contribution in [0.1, 0.15) is 51.2 Å². The Morgan fingerprint density at radius 2 is 1.71 bits per heavy atom. The van der Waals surface area contributed by atoms with Crippen LogP contribution in [-0.4, -0.2) is 30.1 Å². The van der Waals surface area contributed by atoms with Crippen LogP contribution in [0, 0.1) is 5.92 Å². The van der Waals surface area contributed by atoms with Crippen molar-refractivity contribution < 1.29 is 0 Å². The molecule has 2 N–H and O–H groups in total. The summed E-state index contributed by atoms with van der Waals surface area (Å²) in [6.07, 6.45) is 5.96. The van der Waals surface area contributed by atoms with Gasteiger partial charge in [0, 0.05) is 25.2 Å². The summed E-state index contributed by atoms with van der Waals surface area (Å²) in [6, 6.07) is 8.93. The van der Waals surface area contributed by atoms with E-state index in [0.29, 0.717) is 0 Å². The molecule has 0 spiro atoms. The number of hydrogen-bond acceptors (Lipinski definition) is 2. The van der Waals surface area contributed by atoms with Crippen LogP contribution in [0.4, 0.5) is 0 Å². The molecular weight excluding hydrogens is 256 g/mol. The first-order valence-electron chi connectivity index (χ1n) is 8.67. The summed E-state index contributed by atoms with van der Waals surface area (Å²) < 4.78 is 0. The molecule has 2 unspecified atom stereocenters. The van der Waals surface area contributed by atoms with Crippen molar-refractivity contribution >= 4 is 0 Å². The Labute approximate surface area is 130 Å². The fourth-order valence-electron chi connectivity index (χ4n) is 3.79. The van der Waals surface area contributed by atoms with Gasteiger partial charge in [-0.05, 0) is 42.7 Å². The van der Waals surface area contributed by atoms with Crippen LogP contribution in [0.3, 0.4) is 0 Å². The maximum Gasteiger partial charge on any atom is 0.0331 e. The molecule has 2 heteroatoms. The van der Waals surface area contributed by atoms with Crippen molar-refractivity contribution in [3.05, 3.63) is 35.4 Å². The van der Waals surface area contributed by atoms with E-state index in [4.69, 9.17) is 5.73 Å². The summed E-state index contributed by atoms with van der Waals surface area (Å²) in [4.78, 5) is 2.69. The molecule has 0 radical (unpaired) electrons. The van der Waals surface area contributed by atoms with E-state index < -0.39 is 0 Å². The molecule has 0 fully saturated rings. The van der Waals surface area contributed by atoms with Gasteiger partial charge in [-0.25, -0.2) is 0 Å². The average molecular weight is 288 g/mol. The Bertz CT molecular complexity index is 410. The van der Waals surface area contributed by atoms with Gasteiger partial charge in [0.2, 0.25) is 0 Å². The predicted octanol–water partition coefficient (Wildman–Crippen LogP) is 3.63. The molecule has 118 valence electrons. The van der Waals surface area contributed by atoms with Crippen molar-refractivity contribution in [2.24, 2.45) is 11.7 Å². The van der Waals surface area contributed by atoms with Gasteiger partial charge in [-0.1, -0.05) is 51.5 Å². The van der Waals surface area contributed by atoms with Crippen molar-refractivity contribution in [2.75, 3.05) is 19.6 Å². The van der Waals surface area contributed by atoms with Gasteiger partial charge in [-0.2, -0.15) is 0 Å². The first-order valence-corrected chi connectivity index (χ1v) is 8.67. The second-order valence-corrected chi connectivity index (χ2v) is 6.76. The summed E-state index contributed by atoms with van der Waals surface area (Å²) in [6.45, 7) is 10.1. The zero-order valence-corrected chi connectivity index (χ0v) is 14.1. The van der Waals surface area contributed by atoms with E-state index in [1.807, 2.05) is 0 Å². The van der Waals surface area contributed by atoms with E-state index in [2.05, 4.69) is 49.9 Å². The lowest BCUT2D eigenvalue weighted by atomic mass is 9.83. The largest absolute Gasteiger partial charge is 0.329 e. The Hall–Kier alpha value is -0.860. The molecule has 1 aromatic rings. The molecule has 0 aliphatic carbocycles. The highest BCUT2D eigenvalue weighted by Gasteiger charge is 2.35. The topological polar surface area (TPSA) is 29.3 Å². The fourth-order valence-corrected chi connectivity index (χ4v) is 3.79. The first-order chi connectivity index (χ1) is 10.1. The highest BCUT2D eigenvalue weighted by Crippen LogP contribution is 2.30. The summed E-state index contributed by atoms with van der Waals surface area (Å²) in [5.41, 5.74) is 9.52. The van der Waals surface area contributed by atoms with Gasteiger partial charge in [-0.3, -0.25) is 4.90 Å². The van der Waals surface area contributed by atoms with Crippen molar-refractivity contribution in [2.45, 2.75) is 58.4 Å². The molecule has 0 amide bonds. The third-order valence-electron chi connectivity index (χ3n) is 5.55. The summed E-state index contributed by atoms with van der Waals surface area (Å²) >= 11 is 0. The van der Waals surface area contributed by atoms with E-state index in [0.717, 1.165) is 32.0 Å². The van der Waals surface area contributed by atoms with Gasteiger partial charge < -0.3 is 5.73 Å². The maximum absolute atomic E-state index is 6.27. The van der Waals surface area contributed by atoms with E-state index in [1.54, 1.807) is 0 Å². The Morgan fingerprint density at radius 3 is 2.14 bits per heavy atom. The van der Waals surface area contributed by atoms with E-state index >= 15 is 0 Å². The number of hydrogen-bond donors (Lipinski definition) is 1. The number of rotatable bonds is 6. The monoisotopic (exact) mass is 288 g/mol. The molecule has 1 aliphatic heterocycles. The Kier molecular flexibility index (Phi) is 5.83. The second-order valence-electron chi connectivity index (χ2n) is 6.76. The number of nitrogens with two attached hydrogens (primary N) is 1. The standard InChI is InChI=1S/C19H32N2/c1-4-16(3)14-19(5-2,15-20)21-12-10-17-8-6-7-9-18(17)11-13-21/h6-9,16H,4-5,10-15,20H2,1-3H3. The van der Waals surface area contributed by atoms with E-state index in [1.165, 1.54) is 36.8 Å². The van der Waals surface area contributed by atoms with Gasteiger partial charge in [0.25, 0.3) is 0 Å². The molecule has 0 saturated heterocycles. The van der Waals surface area contributed by atoms with Crippen LogP contribution in [0.25, 0.3) is 0 Å². The minimum atomic E-state index is 0.192. The smallest absolute Gasteiger partial charge is 0.0331 e. The van der Waals surface area contributed by atoms with Crippen LogP contribution < -0.4 is 5.73 Å².